The van der Waals surface area contributed by atoms with Crippen molar-refractivity contribution in [3.8, 4) is 0 Å². The van der Waals surface area contributed by atoms with Crippen LogP contribution in [0.25, 0.3) is 0 Å². The minimum absolute atomic E-state index is 0.148. The van der Waals surface area contributed by atoms with Crippen LogP contribution in [0, 0.1) is 5.92 Å². The Morgan fingerprint density at radius 3 is 2.90 bits per heavy atom. The van der Waals surface area contributed by atoms with Crippen LogP contribution >= 0.6 is 0 Å². The molecule has 21 heavy (non-hydrogen) atoms. The van der Waals surface area contributed by atoms with Gasteiger partial charge in [0.05, 0.1) is 0 Å². The molecule has 1 saturated carbocycles. The molecular formula is C16H24N4O. The number of rotatable bonds is 1. The molecule has 2 aliphatic heterocycles. The summed E-state index contributed by atoms with van der Waals surface area (Å²) in [7, 11) is 0. The van der Waals surface area contributed by atoms with E-state index in [0.717, 1.165) is 44.3 Å². The number of nitrogens with zero attached hydrogens (tertiary/aromatic N) is 3. The van der Waals surface area contributed by atoms with Crippen molar-refractivity contribution in [1.82, 2.24) is 14.5 Å². The van der Waals surface area contributed by atoms with Gasteiger partial charge in [0.15, 0.2) is 0 Å². The maximum Gasteiger partial charge on any atom is 0.274 e. The highest BCUT2D eigenvalue weighted by Gasteiger charge is 2.36. The monoisotopic (exact) mass is 288 g/mol. The van der Waals surface area contributed by atoms with Crippen LogP contribution in [0.2, 0.25) is 0 Å². The molecule has 0 unspecified atom stereocenters. The lowest BCUT2D eigenvalue weighted by Crippen LogP contribution is -2.49. The number of likely N-dealkylation sites (tertiary alicyclic amines) is 1. The van der Waals surface area contributed by atoms with Crippen molar-refractivity contribution in [2.24, 2.45) is 5.92 Å². The summed E-state index contributed by atoms with van der Waals surface area (Å²) in [6, 6.07) is 0.465. The first-order chi connectivity index (χ1) is 10.3. The lowest BCUT2D eigenvalue weighted by Gasteiger charge is -2.43. The van der Waals surface area contributed by atoms with Crippen molar-refractivity contribution < 1.29 is 4.79 Å². The molecule has 114 valence electrons. The second-order valence-corrected chi connectivity index (χ2v) is 6.68. The van der Waals surface area contributed by atoms with E-state index in [1.165, 1.54) is 32.1 Å². The standard InChI is InChI=1S/C16H24N4O/c21-15(13-11-19-9-4-8-17-16(19)18-13)20-10-3-6-12-5-1-2-7-14(12)20/h11-12,14H,1-10H2,(H,17,18)/t12-,14-/m1/s1. The molecule has 3 aliphatic rings. The number of fused-ring (bicyclic) bond motifs is 2. The van der Waals surface area contributed by atoms with E-state index < -0.39 is 0 Å². The topological polar surface area (TPSA) is 50.2 Å². The lowest BCUT2D eigenvalue weighted by molar-refractivity contribution is 0.0385. The number of piperidine rings is 1. The van der Waals surface area contributed by atoms with Crippen LogP contribution in [0.3, 0.4) is 0 Å². The number of amides is 1. The van der Waals surface area contributed by atoms with Gasteiger partial charge >= 0.3 is 0 Å². The van der Waals surface area contributed by atoms with Crippen LogP contribution in [0.1, 0.15) is 55.4 Å². The van der Waals surface area contributed by atoms with Crippen molar-refractivity contribution >= 4 is 11.9 Å². The minimum atomic E-state index is 0.148. The molecule has 0 aromatic carbocycles. The summed E-state index contributed by atoms with van der Waals surface area (Å²) in [6.45, 7) is 2.84. The quantitative estimate of drug-likeness (QED) is 0.864. The van der Waals surface area contributed by atoms with E-state index in [-0.39, 0.29) is 5.91 Å². The summed E-state index contributed by atoms with van der Waals surface area (Å²) in [6.07, 6.45) is 10.6. The lowest BCUT2D eigenvalue weighted by atomic mass is 9.78. The van der Waals surface area contributed by atoms with Gasteiger partial charge in [0, 0.05) is 31.9 Å². The van der Waals surface area contributed by atoms with Gasteiger partial charge in [0.25, 0.3) is 5.91 Å². The zero-order chi connectivity index (χ0) is 14.2. The molecule has 1 amide bonds. The first-order valence-corrected chi connectivity index (χ1v) is 8.45. The number of aromatic nitrogens is 2. The molecule has 2 fully saturated rings. The van der Waals surface area contributed by atoms with E-state index in [1.54, 1.807) is 0 Å². The Hall–Kier alpha value is -1.52. The van der Waals surface area contributed by atoms with Crippen LogP contribution in [-0.2, 0) is 6.54 Å². The number of anilines is 1. The van der Waals surface area contributed by atoms with E-state index in [2.05, 4.69) is 19.8 Å². The number of imidazole rings is 1. The highest BCUT2D eigenvalue weighted by molar-refractivity contribution is 5.93. The summed E-state index contributed by atoms with van der Waals surface area (Å²) >= 11 is 0. The molecule has 1 aromatic heterocycles. The zero-order valence-corrected chi connectivity index (χ0v) is 12.6. The molecule has 0 bridgehead atoms. The average molecular weight is 288 g/mol. The Morgan fingerprint density at radius 1 is 1.14 bits per heavy atom. The largest absolute Gasteiger partial charge is 0.356 e. The summed E-state index contributed by atoms with van der Waals surface area (Å²) in [5, 5.41) is 3.28. The summed E-state index contributed by atoms with van der Waals surface area (Å²) < 4.78 is 2.08. The molecule has 2 atom stereocenters. The molecule has 0 radical (unpaired) electrons. The van der Waals surface area contributed by atoms with Crippen molar-refractivity contribution in [2.75, 3.05) is 18.4 Å². The van der Waals surface area contributed by atoms with Gasteiger partial charge in [-0.3, -0.25) is 4.79 Å². The van der Waals surface area contributed by atoms with Crippen LogP contribution < -0.4 is 5.32 Å². The van der Waals surface area contributed by atoms with E-state index in [1.807, 2.05) is 6.20 Å². The summed E-state index contributed by atoms with van der Waals surface area (Å²) in [5.74, 6) is 1.74. The van der Waals surface area contributed by atoms with Crippen LogP contribution in [0.15, 0.2) is 6.20 Å². The maximum atomic E-state index is 12.9. The average Bonchev–Trinajstić information content (AvgIpc) is 2.97. The molecule has 1 saturated heterocycles. The number of carbonyl (C=O) groups excluding carboxylic acids is 1. The smallest absolute Gasteiger partial charge is 0.274 e. The van der Waals surface area contributed by atoms with Gasteiger partial charge in [0.1, 0.15) is 5.69 Å². The Bertz CT molecular complexity index is 513. The highest BCUT2D eigenvalue weighted by atomic mass is 16.2. The Balaban J connectivity index is 1.57. The van der Waals surface area contributed by atoms with Crippen LogP contribution in [0.4, 0.5) is 5.95 Å². The van der Waals surface area contributed by atoms with Gasteiger partial charge < -0.3 is 14.8 Å². The molecule has 5 nitrogen and oxygen atoms in total. The van der Waals surface area contributed by atoms with Crippen molar-refractivity contribution in [1.29, 1.82) is 0 Å². The van der Waals surface area contributed by atoms with Gasteiger partial charge in [-0.05, 0) is 38.0 Å². The first kappa shape index (κ1) is 13.2. The fourth-order valence-electron chi connectivity index (χ4n) is 4.30. The molecule has 5 heteroatoms. The summed E-state index contributed by atoms with van der Waals surface area (Å²) in [5.41, 5.74) is 0.630. The van der Waals surface area contributed by atoms with E-state index in [4.69, 9.17) is 0 Å². The van der Waals surface area contributed by atoms with Crippen molar-refractivity contribution in [3.63, 3.8) is 0 Å². The predicted molar refractivity (Wildman–Crippen MR) is 81.4 cm³/mol. The van der Waals surface area contributed by atoms with Gasteiger partial charge in [-0.25, -0.2) is 4.98 Å². The molecule has 1 aromatic rings. The molecule has 1 aliphatic carbocycles. The minimum Gasteiger partial charge on any atom is -0.356 e. The second-order valence-electron chi connectivity index (χ2n) is 6.68. The predicted octanol–water partition coefficient (Wildman–Crippen LogP) is 2.49. The Kier molecular flexibility index (Phi) is 3.36. The van der Waals surface area contributed by atoms with Crippen LogP contribution in [0.5, 0.6) is 0 Å². The van der Waals surface area contributed by atoms with Gasteiger partial charge in [0.2, 0.25) is 5.95 Å². The number of hydrogen-bond donors (Lipinski definition) is 1. The van der Waals surface area contributed by atoms with Crippen molar-refractivity contribution in [3.05, 3.63) is 11.9 Å². The third kappa shape index (κ3) is 2.32. The SMILES string of the molecule is O=C(c1cn2c(n1)NCCC2)N1CCC[C@H]2CCCC[C@H]21. The normalized spacial score (nSPS) is 28.5. The fourth-order valence-corrected chi connectivity index (χ4v) is 4.30. The third-order valence-electron chi connectivity index (χ3n) is 5.36. The maximum absolute atomic E-state index is 12.9. The van der Waals surface area contributed by atoms with Gasteiger partial charge in [-0.2, -0.15) is 0 Å². The summed E-state index contributed by atoms with van der Waals surface area (Å²) in [4.78, 5) is 19.5. The van der Waals surface area contributed by atoms with Crippen LogP contribution in [-0.4, -0.2) is 39.5 Å². The van der Waals surface area contributed by atoms with E-state index >= 15 is 0 Å². The molecule has 1 N–H and O–H groups in total. The fraction of sp³-hybridized carbons (Fsp3) is 0.750. The number of nitrogens with one attached hydrogen (secondary N) is 1. The number of carbonyl (C=O) groups is 1. The second kappa shape index (κ2) is 5.35. The number of aryl methyl sites for hydroxylation is 1. The van der Waals surface area contributed by atoms with E-state index in [0.29, 0.717) is 11.7 Å². The first-order valence-electron chi connectivity index (χ1n) is 8.45. The zero-order valence-electron chi connectivity index (χ0n) is 12.6. The Morgan fingerprint density at radius 2 is 2.00 bits per heavy atom. The molecule has 0 spiro atoms. The highest BCUT2D eigenvalue weighted by Crippen LogP contribution is 2.36. The molecule has 4 rings (SSSR count). The third-order valence-corrected chi connectivity index (χ3v) is 5.36. The Labute approximate surface area is 125 Å². The van der Waals surface area contributed by atoms with Gasteiger partial charge in [-0.15, -0.1) is 0 Å². The van der Waals surface area contributed by atoms with Crippen molar-refractivity contribution in [2.45, 2.75) is 57.5 Å². The molecular weight excluding hydrogens is 264 g/mol. The van der Waals surface area contributed by atoms with E-state index in [9.17, 15) is 4.79 Å². The van der Waals surface area contributed by atoms with Gasteiger partial charge in [-0.1, -0.05) is 12.8 Å². The number of hydrogen-bond acceptors (Lipinski definition) is 3. The molecule has 3 heterocycles.